The molecule has 3 aromatic rings. The van der Waals surface area contributed by atoms with Gasteiger partial charge in [-0.3, -0.25) is 4.79 Å². The van der Waals surface area contributed by atoms with Crippen LogP contribution in [-0.2, 0) is 17.1 Å². The van der Waals surface area contributed by atoms with Gasteiger partial charge in [0.25, 0.3) is 0 Å². The first kappa shape index (κ1) is 18.1. The van der Waals surface area contributed by atoms with Crippen molar-refractivity contribution in [1.82, 2.24) is 15.3 Å². The van der Waals surface area contributed by atoms with Gasteiger partial charge >= 0.3 is 0 Å². The molecule has 1 aromatic heterocycles. The van der Waals surface area contributed by atoms with Crippen LogP contribution in [0.5, 0.6) is 0 Å². The fraction of sp³-hybridized carbons (Fsp3) is 0.150. The van der Waals surface area contributed by atoms with E-state index >= 15 is 0 Å². The lowest BCUT2D eigenvalue weighted by atomic mass is 10.1. The average Bonchev–Trinajstić information content (AvgIpc) is 2.68. The van der Waals surface area contributed by atoms with E-state index in [0.29, 0.717) is 23.7 Å². The van der Waals surface area contributed by atoms with Gasteiger partial charge in [0.15, 0.2) is 0 Å². The largest absolute Gasteiger partial charge is 0.350 e. The van der Waals surface area contributed by atoms with Crippen molar-refractivity contribution in [1.29, 1.82) is 0 Å². The van der Waals surface area contributed by atoms with Crippen molar-refractivity contribution < 1.29 is 9.18 Å². The number of hydrogen-bond acceptors (Lipinski definition) is 4. The first-order valence-electron chi connectivity index (χ1n) is 8.16. The summed E-state index contributed by atoms with van der Waals surface area (Å²) in [5.74, 6) is 0.873. The highest BCUT2D eigenvalue weighted by Gasteiger charge is 2.05. The van der Waals surface area contributed by atoms with Crippen LogP contribution in [0, 0.1) is 5.82 Å². The van der Waals surface area contributed by atoms with Crippen LogP contribution in [-0.4, -0.2) is 21.6 Å². The molecule has 0 aliphatic heterocycles. The van der Waals surface area contributed by atoms with Gasteiger partial charge in [0.1, 0.15) is 12.1 Å². The molecular weight excluding hydrogens is 349 g/mol. The maximum absolute atomic E-state index is 13.0. The first-order chi connectivity index (χ1) is 12.7. The molecule has 6 heteroatoms. The average molecular weight is 367 g/mol. The standard InChI is InChI=1S/C20H18FN3OS/c21-17-8-6-16(7-9-17)19-10-18(23-14-24-19)11-22-20(25)13-26-12-15-4-2-1-3-5-15/h1-10,14H,11-13H2,(H,22,25). The van der Waals surface area contributed by atoms with Crippen molar-refractivity contribution in [2.24, 2.45) is 0 Å². The van der Waals surface area contributed by atoms with Crippen molar-refractivity contribution in [3.05, 3.63) is 84.1 Å². The quantitative estimate of drug-likeness (QED) is 0.689. The highest BCUT2D eigenvalue weighted by atomic mass is 32.2. The summed E-state index contributed by atoms with van der Waals surface area (Å²) in [4.78, 5) is 20.4. The third-order valence-corrected chi connectivity index (χ3v) is 4.68. The van der Waals surface area contributed by atoms with E-state index in [1.54, 1.807) is 30.0 Å². The molecule has 0 radical (unpaired) electrons. The molecule has 0 saturated heterocycles. The normalized spacial score (nSPS) is 10.5. The number of carbonyl (C=O) groups excluding carboxylic acids is 1. The van der Waals surface area contributed by atoms with Gasteiger partial charge in [-0.15, -0.1) is 11.8 Å². The lowest BCUT2D eigenvalue weighted by Gasteiger charge is -2.07. The van der Waals surface area contributed by atoms with Crippen LogP contribution in [0.3, 0.4) is 0 Å². The maximum Gasteiger partial charge on any atom is 0.230 e. The first-order valence-corrected chi connectivity index (χ1v) is 9.31. The maximum atomic E-state index is 13.0. The summed E-state index contributed by atoms with van der Waals surface area (Å²) in [5.41, 5.74) is 3.41. The smallest absolute Gasteiger partial charge is 0.230 e. The zero-order chi connectivity index (χ0) is 18.2. The van der Waals surface area contributed by atoms with Crippen LogP contribution in [0.2, 0.25) is 0 Å². The molecule has 132 valence electrons. The van der Waals surface area contributed by atoms with Crippen LogP contribution in [0.1, 0.15) is 11.3 Å². The molecule has 0 aliphatic rings. The summed E-state index contributed by atoms with van der Waals surface area (Å²) < 4.78 is 13.0. The Balaban J connectivity index is 1.49. The van der Waals surface area contributed by atoms with Gasteiger partial charge in [0.05, 0.1) is 23.7 Å². The van der Waals surface area contributed by atoms with Crippen molar-refractivity contribution in [3.8, 4) is 11.3 Å². The van der Waals surface area contributed by atoms with E-state index in [9.17, 15) is 9.18 Å². The number of nitrogens with one attached hydrogen (secondary N) is 1. The second-order valence-electron chi connectivity index (χ2n) is 5.66. The van der Waals surface area contributed by atoms with Crippen molar-refractivity contribution >= 4 is 17.7 Å². The lowest BCUT2D eigenvalue weighted by molar-refractivity contribution is -0.118. The molecule has 0 spiro atoms. The van der Waals surface area contributed by atoms with Gasteiger partial charge in [-0.1, -0.05) is 30.3 Å². The highest BCUT2D eigenvalue weighted by Crippen LogP contribution is 2.17. The van der Waals surface area contributed by atoms with E-state index in [4.69, 9.17) is 0 Å². The van der Waals surface area contributed by atoms with E-state index in [1.807, 2.05) is 30.3 Å². The fourth-order valence-corrected chi connectivity index (χ4v) is 3.17. The molecule has 0 aliphatic carbocycles. The molecule has 0 fully saturated rings. The Morgan fingerprint density at radius 1 is 1.04 bits per heavy atom. The minimum absolute atomic E-state index is 0.0344. The van der Waals surface area contributed by atoms with Crippen LogP contribution in [0.25, 0.3) is 11.3 Å². The molecule has 1 amide bonds. The Kier molecular flexibility index (Phi) is 6.33. The molecule has 0 atom stereocenters. The van der Waals surface area contributed by atoms with Crippen LogP contribution in [0.4, 0.5) is 4.39 Å². The van der Waals surface area contributed by atoms with E-state index in [0.717, 1.165) is 11.3 Å². The zero-order valence-corrected chi connectivity index (χ0v) is 14.9. The summed E-state index contributed by atoms with van der Waals surface area (Å²) in [6.07, 6.45) is 1.45. The predicted molar refractivity (Wildman–Crippen MR) is 102 cm³/mol. The molecule has 0 unspecified atom stereocenters. The number of rotatable bonds is 7. The molecule has 4 nitrogen and oxygen atoms in total. The monoisotopic (exact) mass is 367 g/mol. The summed E-state index contributed by atoms with van der Waals surface area (Å²) in [7, 11) is 0. The number of halogens is 1. The number of hydrogen-bond donors (Lipinski definition) is 1. The van der Waals surface area contributed by atoms with Gasteiger partial charge in [0, 0.05) is 11.3 Å². The minimum atomic E-state index is -0.289. The number of benzene rings is 2. The van der Waals surface area contributed by atoms with Crippen molar-refractivity contribution in [3.63, 3.8) is 0 Å². The summed E-state index contributed by atoms with van der Waals surface area (Å²) in [6, 6.07) is 18.0. The summed E-state index contributed by atoms with van der Waals surface area (Å²) >= 11 is 1.57. The third-order valence-electron chi connectivity index (χ3n) is 3.68. The number of carbonyl (C=O) groups is 1. The van der Waals surface area contributed by atoms with E-state index in [2.05, 4.69) is 15.3 Å². The molecule has 2 aromatic carbocycles. The Bertz CT molecular complexity index is 856. The molecule has 0 bridgehead atoms. The second kappa shape index (κ2) is 9.10. The Labute approximate surface area is 155 Å². The number of aromatic nitrogens is 2. The topological polar surface area (TPSA) is 54.9 Å². The van der Waals surface area contributed by atoms with Crippen molar-refractivity contribution in [2.45, 2.75) is 12.3 Å². The molecule has 0 saturated carbocycles. The molecule has 26 heavy (non-hydrogen) atoms. The number of amides is 1. The third kappa shape index (κ3) is 5.39. The molecule has 3 rings (SSSR count). The fourth-order valence-electron chi connectivity index (χ4n) is 2.35. The minimum Gasteiger partial charge on any atom is -0.350 e. The van der Waals surface area contributed by atoms with Gasteiger partial charge in [-0.2, -0.15) is 0 Å². The molecule has 1 heterocycles. The SMILES string of the molecule is O=C(CSCc1ccccc1)NCc1cc(-c2ccc(F)cc2)ncn1. The van der Waals surface area contributed by atoms with E-state index < -0.39 is 0 Å². The predicted octanol–water partition coefficient (Wildman–Crippen LogP) is 3.83. The van der Waals surface area contributed by atoms with Crippen LogP contribution in [0.15, 0.2) is 67.0 Å². The van der Waals surface area contributed by atoms with Crippen LogP contribution >= 0.6 is 11.8 Å². The zero-order valence-electron chi connectivity index (χ0n) is 14.1. The Morgan fingerprint density at radius 3 is 2.58 bits per heavy atom. The molecule has 1 N–H and O–H groups in total. The second-order valence-corrected chi connectivity index (χ2v) is 6.64. The number of thioether (sulfide) groups is 1. The Morgan fingerprint density at radius 2 is 1.81 bits per heavy atom. The van der Waals surface area contributed by atoms with Crippen molar-refractivity contribution in [2.75, 3.05) is 5.75 Å². The van der Waals surface area contributed by atoms with Gasteiger partial charge < -0.3 is 5.32 Å². The van der Waals surface area contributed by atoms with Crippen LogP contribution < -0.4 is 5.32 Å². The van der Waals surface area contributed by atoms with Gasteiger partial charge in [-0.25, -0.2) is 14.4 Å². The van der Waals surface area contributed by atoms with E-state index in [1.165, 1.54) is 24.0 Å². The highest BCUT2D eigenvalue weighted by molar-refractivity contribution is 7.99. The summed E-state index contributed by atoms with van der Waals surface area (Å²) in [6.45, 7) is 0.335. The van der Waals surface area contributed by atoms with E-state index in [-0.39, 0.29) is 11.7 Å². The Hall–Kier alpha value is -2.73. The van der Waals surface area contributed by atoms with Gasteiger partial charge in [0.2, 0.25) is 5.91 Å². The summed E-state index contributed by atoms with van der Waals surface area (Å²) in [5, 5.41) is 2.86. The molecular formula is C20H18FN3OS. The van der Waals surface area contributed by atoms with Gasteiger partial charge in [-0.05, 0) is 35.9 Å². The number of nitrogens with zero attached hydrogens (tertiary/aromatic N) is 2. The lowest BCUT2D eigenvalue weighted by Crippen LogP contribution is -2.25.